The van der Waals surface area contributed by atoms with Gasteiger partial charge in [-0.25, -0.2) is 0 Å². The molecule has 1 aliphatic rings. The Hall–Kier alpha value is -0.210. The summed E-state index contributed by atoms with van der Waals surface area (Å²) in [5, 5.41) is 0. The third-order valence-corrected chi connectivity index (χ3v) is 7.82. The molecule has 0 aromatic carbocycles. The van der Waals surface area contributed by atoms with Crippen LogP contribution in [0.25, 0.3) is 0 Å². The summed E-state index contributed by atoms with van der Waals surface area (Å²) in [6, 6.07) is 0. The Morgan fingerprint density at radius 1 is 0.676 bits per heavy atom. The number of unbranched alkanes of at least 4 members (excludes halogenated alkanes) is 17. The summed E-state index contributed by atoms with van der Waals surface area (Å²) < 4.78 is 44.6. The van der Waals surface area contributed by atoms with Crippen LogP contribution in [0, 0.1) is 0 Å². The molecule has 2 atom stereocenters. The molecule has 2 unspecified atom stereocenters. The van der Waals surface area contributed by atoms with Crippen molar-refractivity contribution in [3.8, 4) is 0 Å². The standard InChI is InChI=1S/C30H60O6S/c1-3-4-5-6-7-8-9-10-11-12-13-14-17-20-25-34-29-23-22-26-35-30(29)28-33-24-19-16-15-18-21-27-36-37(2,31)32/h29-30H,3-28H2,1-2H3. The van der Waals surface area contributed by atoms with E-state index in [0.717, 1.165) is 77.4 Å². The van der Waals surface area contributed by atoms with Gasteiger partial charge in [0.05, 0.1) is 25.6 Å². The first-order chi connectivity index (χ1) is 18.0. The van der Waals surface area contributed by atoms with Crippen LogP contribution in [0.4, 0.5) is 0 Å². The Bertz CT molecular complexity index is 583. The highest BCUT2D eigenvalue weighted by atomic mass is 32.2. The van der Waals surface area contributed by atoms with Gasteiger partial charge in [0.25, 0.3) is 10.1 Å². The molecule has 1 saturated heterocycles. The summed E-state index contributed by atoms with van der Waals surface area (Å²) in [7, 11) is -3.31. The minimum Gasteiger partial charge on any atom is -0.379 e. The first kappa shape index (κ1) is 34.8. The number of ether oxygens (including phenoxy) is 3. The first-order valence-corrected chi connectivity index (χ1v) is 17.5. The van der Waals surface area contributed by atoms with Crippen LogP contribution in [0.15, 0.2) is 0 Å². The summed E-state index contributed by atoms with van der Waals surface area (Å²) in [6.07, 6.45) is 27.7. The van der Waals surface area contributed by atoms with Gasteiger partial charge in [-0.3, -0.25) is 4.18 Å². The molecule has 0 radical (unpaired) electrons. The second-order valence-electron chi connectivity index (χ2n) is 10.9. The molecule has 7 heteroatoms. The summed E-state index contributed by atoms with van der Waals surface area (Å²) in [4.78, 5) is 0. The predicted octanol–water partition coefficient (Wildman–Crippen LogP) is 7.98. The molecule has 1 rings (SSSR count). The van der Waals surface area contributed by atoms with Crippen molar-refractivity contribution in [2.45, 2.75) is 154 Å². The van der Waals surface area contributed by atoms with Crippen LogP contribution in [-0.4, -0.2) is 59.9 Å². The van der Waals surface area contributed by atoms with Crippen LogP contribution >= 0.6 is 0 Å². The fourth-order valence-electron chi connectivity index (χ4n) is 4.94. The maximum atomic E-state index is 10.9. The second kappa shape index (κ2) is 24.8. The van der Waals surface area contributed by atoms with E-state index >= 15 is 0 Å². The molecule has 0 spiro atoms. The van der Waals surface area contributed by atoms with Crippen LogP contribution in [0.3, 0.4) is 0 Å². The van der Waals surface area contributed by atoms with E-state index in [1.54, 1.807) is 0 Å². The van der Waals surface area contributed by atoms with Gasteiger partial charge in [-0.1, -0.05) is 110 Å². The normalized spacial score (nSPS) is 18.4. The fraction of sp³-hybridized carbons (Fsp3) is 1.00. The zero-order valence-corrected chi connectivity index (χ0v) is 25.2. The minimum absolute atomic E-state index is 0.0635. The van der Waals surface area contributed by atoms with Crippen LogP contribution < -0.4 is 0 Å². The number of hydrogen-bond acceptors (Lipinski definition) is 6. The van der Waals surface area contributed by atoms with E-state index in [2.05, 4.69) is 6.92 Å². The van der Waals surface area contributed by atoms with Crippen molar-refractivity contribution in [1.29, 1.82) is 0 Å². The monoisotopic (exact) mass is 548 g/mol. The van der Waals surface area contributed by atoms with Gasteiger partial charge in [-0.2, -0.15) is 8.42 Å². The molecular weight excluding hydrogens is 488 g/mol. The molecule has 1 aliphatic heterocycles. The Labute approximate surface area is 230 Å². The summed E-state index contributed by atoms with van der Waals surface area (Å²) in [6.45, 7) is 5.58. The van der Waals surface area contributed by atoms with Gasteiger partial charge >= 0.3 is 0 Å². The summed E-state index contributed by atoms with van der Waals surface area (Å²) in [5.74, 6) is 0. The lowest BCUT2D eigenvalue weighted by atomic mass is 10.0. The highest BCUT2D eigenvalue weighted by Crippen LogP contribution is 2.19. The molecule has 0 aromatic heterocycles. The molecule has 0 amide bonds. The van der Waals surface area contributed by atoms with Crippen molar-refractivity contribution >= 4 is 10.1 Å². The van der Waals surface area contributed by atoms with Crippen molar-refractivity contribution in [2.75, 3.05) is 39.3 Å². The third-order valence-electron chi connectivity index (χ3n) is 7.22. The lowest BCUT2D eigenvalue weighted by molar-refractivity contribution is -0.131. The molecule has 0 saturated carbocycles. The van der Waals surface area contributed by atoms with E-state index in [4.69, 9.17) is 18.4 Å². The molecule has 1 fully saturated rings. The maximum Gasteiger partial charge on any atom is 0.264 e. The topological polar surface area (TPSA) is 71.1 Å². The molecule has 6 nitrogen and oxygen atoms in total. The van der Waals surface area contributed by atoms with Gasteiger partial charge in [-0.15, -0.1) is 0 Å². The first-order valence-electron chi connectivity index (χ1n) is 15.7. The highest BCUT2D eigenvalue weighted by Gasteiger charge is 2.26. The van der Waals surface area contributed by atoms with Gasteiger partial charge in [-0.05, 0) is 32.1 Å². The Kier molecular flexibility index (Phi) is 23.3. The Morgan fingerprint density at radius 2 is 1.16 bits per heavy atom. The zero-order valence-electron chi connectivity index (χ0n) is 24.4. The van der Waals surface area contributed by atoms with E-state index in [1.165, 1.54) is 83.5 Å². The average Bonchev–Trinajstić information content (AvgIpc) is 2.87. The van der Waals surface area contributed by atoms with Crippen molar-refractivity contribution in [3.05, 3.63) is 0 Å². The molecule has 0 aliphatic carbocycles. The van der Waals surface area contributed by atoms with E-state index in [9.17, 15) is 8.42 Å². The second-order valence-corrected chi connectivity index (χ2v) is 12.6. The number of hydrogen-bond donors (Lipinski definition) is 0. The summed E-state index contributed by atoms with van der Waals surface area (Å²) >= 11 is 0. The molecule has 0 N–H and O–H groups in total. The average molecular weight is 549 g/mol. The van der Waals surface area contributed by atoms with Crippen LogP contribution in [0.1, 0.15) is 142 Å². The van der Waals surface area contributed by atoms with E-state index in [1.807, 2.05) is 0 Å². The molecule has 37 heavy (non-hydrogen) atoms. The van der Waals surface area contributed by atoms with Crippen molar-refractivity contribution in [2.24, 2.45) is 0 Å². The molecule has 0 aromatic rings. The lowest BCUT2D eigenvalue weighted by Gasteiger charge is -2.31. The van der Waals surface area contributed by atoms with Gasteiger partial charge in [0.2, 0.25) is 0 Å². The quantitative estimate of drug-likeness (QED) is 0.0765. The van der Waals surface area contributed by atoms with Crippen molar-refractivity contribution < 1.29 is 26.8 Å². The highest BCUT2D eigenvalue weighted by molar-refractivity contribution is 7.85. The Morgan fingerprint density at radius 3 is 1.70 bits per heavy atom. The van der Waals surface area contributed by atoms with E-state index in [-0.39, 0.29) is 18.8 Å². The molecule has 1 heterocycles. The van der Waals surface area contributed by atoms with E-state index < -0.39 is 10.1 Å². The zero-order chi connectivity index (χ0) is 26.9. The van der Waals surface area contributed by atoms with Gasteiger partial charge in [0, 0.05) is 19.8 Å². The van der Waals surface area contributed by atoms with Gasteiger partial charge in [0.15, 0.2) is 0 Å². The van der Waals surface area contributed by atoms with Crippen LogP contribution in [0.5, 0.6) is 0 Å². The molecule has 222 valence electrons. The lowest BCUT2D eigenvalue weighted by Crippen LogP contribution is -2.39. The van der Waals surface area contributed by atoms with Crippen molar-refractivity contribution in [1.82, 2.24) is 0 Å². The predicted molar refractivity (Wildman–Crippen MR) is 154 cm³/mol. The summed E-state index contributed by atoms with van der Waals surface area (Å²) in [5.41, 5.74) is 0. The van der Waals surface area contributed by atoms with Gasteiger partial charge in [0.1, 0.15) is 6.10 Å². The Balaban J connectivity index is 1.90. The number of rotatable bonds is 27. The fourth-order valence-corrected chi connectivity index (χ4v) is 5.36. The van der Waals surface area contributed by atoms with Crippen LogP contribution in [-0.2, 0) is 28.5 Å². The third kappa shape index (κ3) is 23.4. The van der Waals surface area contributed by atoms with Gasteiger partial charge < -0.3 is 14.2 Å². The minimum atomic E-state index is -3.31. The molecule has 0 bridgehead atoms. The largest absolute Gasteiger partial charge is 0.379 e. The van der Waals surface area contributed by atoms with E-state index in [0.29, 0.717) is 6.61 Å². The SMILES string of the molecule is CCCCCCCCCCCCCCCCOC1CCCOC1COCCCCCCCOS(C)(=O)=O. The van der Waals surface area contributed by atoms with Crippen molar-refractivity contribution in [3.63, 3.8) is 0 Å². The maximum absolute atomic E-state index is 10.9. The molecular formula is C30H60O6S. The van der Waals surface area contributed by atoms with Crippen LogP contribution in [0.2, 0.25) is 0 Å². The smallest absolute Gasteiger partial charge is 0.264 e.